The van der Waals surface area contributed by atoms with Crippen LogP contribution < -0.4 is 5.32 Å². The molecule has 0 atom stereocenters. The fourth-order valence-corrected chi connectivity index (χ4v) is 2.17. The molecular weight excluding hydrogens is 246 g/mol. The molecule has 0 unspecified atom stereocenters. The van der Waals surface area contributed by atoms with E-state index in [1.807, 2.05) is 38.1 Å². The van der Waals surface area contributed by atoms with Gasteiger partial charge in [0.2, 0.25) is 0 Å². The molecule has 0 radical (unpaired) electrons. The second-order valence-corrected chi connectivity index (χ2v) is 5.39. The normalized spacial score (nSPS) is 10.4. The maximum absolute atomic E-state index is 12.3. The van der Waals surface area contributed by atoms with E-state index in [1.54, 1.807) is 0 Å². The number of rotatable bonds is 4. The van der Waals surface area contributed by atoms with Crippen molar-refractivity contribution in [3.05, 3.63) is 64.2 Å². The molecule has 2 nitrogen and oxygen atoms in total. The summed E-state index contributed by atoms with van der Waals surface area (Å²) in [5, 5.41) is 3.21. The zero-order chi connectivity index (χ0) is 14.7. The van der Waals surface area contributed by atoms with Gasteiger partial charge in [0, 0.05) is 11.3 Å². The Morgan fingerprint density at radius 2 is 1.60 bits per heavy atom. The van der Waals surface area contributed by atoms with Crippen LogP contribution in [0.15, 0.2) is 36.4 Å². The van der Waals surface area contributed by atoms with Crippen molar-refractivity contribution in [2.75, 3.05) is 11.9 Å². The second-order valence-electron chi connectivity index (χ2n) is 5.39. The maximum atomic E-state index is 12.3. The van der Waals surface area contributed by atoms with E-state index in [4.69, 9.17) is 0 Å². The van der Waals surface area contributed by atoms with Crippen LogP contribution in [0.3, 0.4) is 0 Å². The molecule has 0 heterocycles. The number of Topliss-reactive ketones (excluding diaryl/α,β-unsaturated/α-hetero) is 1. The summed E-state index contributed by atoms with van der Waals surface area (Å²) in [6.45, 7) is 8.47. The molecule has 2 aromatic carbocycles. The van der Waals surface area contributed by atoms with Crippen LogP contribution in [0.25, 0.3) is 0 Å². The average molecular weight is 267 g/mol. The highest BCUT2D eigenvalue weighted by atomic mass is 16.1. The first-order valence-electron chi connectivity index (χ1n) is 6.89. The van der Waals surface area contributed by atoms with Crippen LogP contribution in [0.4, 0.5) is 5.69 Å². The molecule has 0 amide bonds. The van der Waals surface area contributed by atoms with Gasteiger partial charge in [0.1, 0.15) is 0 Å². The van der Waals surface area contributed by atoms with Crippen molar-refractivity contribution < 1.29 is 4.79 Å². The zero-order valence-electron chi connectivity index (χ0n) is 12.6. The molecule has 104 valence electrons. The monoisotopic (exact) mass is 267 g/mol. The standard InChI is InChI=1S/C18H21NO/c1-12-5-6-14(3)17(9-12)18(20)11-19-16-8-7-13(2)15(4)10-16/h5-10,19H,11H2,1-4H3. The van der Waals surface area contributed by atoms with Gasteiger partial charge >= 0.3 is 0 Å². The minimum atomic E-state index is 0.129. The van der Waals surface area contributed by atoms with Crippen molar-refractivity contribution in [3.8, 4) is 0 Å². The summed E-state index contributed by atoms with van der Waals surface area (Å²) < 4.78 is 0. The third-order valence-corrected chi connectivity index (χ3v) is 3.65. The molecular formula is C18H21NO. The quantitative estimate of drug-likeness (QED) is 0.840. The number of hydrogen-bond donors (Lipinski definition) is 1. The minimum absolute atomic E-state index is 0.129. The largest absolute Gasteiger partial charge is 0.378 e. The van der Waals surface area contributed by atoms with E-state index in [-0.39, 0.29) is 5.78 Å². The molecule has 0 saturated heterocycles. The number of aryl methyl sites for hydroxylation is 4. The summed E-state index contributed by atoms with van der Waals surface area (Å²) >= 11 is 0. The maximum Gasteiger partial charge on any atom is 0.182 e. The smallest absolute Gasteiger partial charge is 0.182 e. The van der Waals surface area contributed by atoms with Crippen molar-refractivity contribution in [1.29, 1.82) is 0 Å². The zero-order valence-corrected chi connectivity index (χ0v) is 12.6. The van der Waals surface area contributed by atoms with E-state index >= 15 is 0 Å². The van der Waals surface area contributed by atoms with Crippen LogP contribution in [0.1, 0.15) is 32.6 Å². The highest BCUT2D eigenvalue weighted by Gasteiger charge is 2.09. The molecule has 0 aromatic heterocycles. The van der Waals surface area contributed by atoms with Crippen molar-refractivity contribution in [1.82, 2.24) is 0 Å². The molecule has 0 fully saturated rings. The summed E-state index contributed by atoms with van der Waals surface area (Å²) in [7, 11) is 0. The van der Waals surface area contributed by atoms with Gasteiger partial charge in [-0.1, -0.05) is 23.8 Å². The van der Waals surface area contributed by atoms with Crippen LogP contribution >= 0.6 is 0 Å². The van der Waals surface area contributed by atoms with Crippen molar-refractivity contribution in [2.45, 2.75) is 27.7 Å². The lowest BCUT2D eigenvalue weighted by Crippen LogP contribution is -2.15. The van der Waals surface area contributed by atoms with Gasteiger partial charge in [-0.25, -0.2) is 0 Å². The van der Waals surface area contributed by atoms with Crippen LogP contribution in [0.5, 0.6) is 0 Å². The molecule has 20 heavy (non-hydrogen) atoms. The Morgan fingerprint density at radius 3 is 2.30 bits per heavy atom. The molecule has 0 aliphatic rings. The highest BCUT2D eigenvalue weighted by molar-refractivity contribution is 6.00. The molecule has 2 rings (SSSR count). The van der Waals surface area contributed by atoms with Crippen LogP contribution in [0, 0.1) is 27.7 Å². The Morgan fingerprint density at radius 1 is 0.900 bits per heavy atom. The highest BCUT2D eigenvalue weighted by Crippen LogP contribution is 2.15. The lowest BCUT2D eigenvalue weighted by Gasteiger charge is -2.10. The Balaban J connectivity index is 2.08. The van der Waals surface area contributed by atoms with E-state index in [0.717, 1.165) is 22.4 Å². The van der Waals surface area contributed by atoms with Gasteiger partial charge < -0.3 is 5.32 Å². The number of benzene rings is 2. The number of hydrogen-bond acceptors (Lipinski definition) is 2. The molecule has 0 spiro atoms. The second kappa shape index (κ2) is 5.91. The minimum Gasteiger partial charge on any atom is -0.378 e. The fourth-order valence-electron chi connectivity index (χ4n) is 2.17. The lowest BCUT2D eigenvalue weighted by atomic mass is 10.0. The molecule has 0 saturated carbocycles. The molecule has 0 aliphatic carbocycles. The van der Waals surface area contributed by atoms with Crippen molar-refractivity contribution >= 4 is 11.5 Å². The third-order valence-electron chi connectivity index (χ3n) is 3.65. The SMILES string of the molecule is Cc1ccc(C)c(C(=O)CNc2ccc(C)c(C)c2)c1. The van der Waals surface area contributed by atoms with E-state index < -0.39 is 0 Å². The first kappa shape index (κ1) is 14.3. The van der Waals surface area contributed by atoms with Crippen molar-refractivity contribution in [2.24, 2.45) is 0 Å². The number of carbonyl (C=O) groups excluding carboxylic acids is 1. The summed E-state index contributed by atoms with van der Waals surface area (Å²) in [6.07, 6.45) is 0. The summed E-state index contributed by atoms with van der Waals surface area (Å²) in [5.41, 5.74) is 6.44. The summed E-state index contributed by atoms with van der Waals surface area (Å²) in [5.74, 6) is 0.129. The first-order chi connectivity index (χ1) is 9.47. The number of anilines is 1. The van der Waals surface area contributed by atoms with Gasteiger partial charge in [-0.05, 0) is 62.6 Å². The predicted octanol–water partition coefficient (Wildman–Crippen LogP) is 4.22. The molecule has 1 N–H and O–H groups in total. The summed E-state index contributed by atoms with van der Waals surface area (Å²) in [4.78, 5) is 12.3. The topological polar surface area (TPSA) is 29.1 Å². The van der Waals surface area contributed by atoms with Crippen LogP contribution in [-0.4, -0.2) is 12.3 Å². The first-order valence-corrected chi connectivity index (χ1v) is 6.89. The van der Waals surface area contributed by atoms with E-state index in [9.17, 15) is 4.79 Å². The van der Waals surface area contributed by atoms with E-state index in [2.05, 4.69) is 31.3 Å². The van der Waals surface area contributed by atoms with Crippen LogP contribution in [-0.2, 0) is 0 Å². The van der Waals surface area contributed by atoms with E-state index in [0.29, 0.717) is 6.54 Å². The molecule has 2 aromatic rings. The fraction of sp³-hybridized carbons (Fsp3) is 0.278. The Kier molecular flexibility index (Phi) is 4.23. The number of carbonyl (C=O) groups is 1. The van der Waals surface area contributed by atoms with Gasteiger partial charge in [0.05, 0.1) is 6.54 Å². The lowest BCUT2D eigenvalue weighted by molar-refractivity contribution is 0.101. The average Bonchev–Trinajstić information content (AvgIpc) is 2.42. The van der Waals surface area contributed by atoms with E-state index in [1.165, 1.54) is 11.1 Å². The molecule has 0 bridgehead atoms. The van der Waals surface area contributed by atoms with Gasteiger partial charge in [0.15, 0.2) is 5.78 Å². The Bertz CT molecular complexity index is 644. The Hall–Kier alpha value is -2.09. The Labute approximate surface area is 120 Å². The third kappa shape index (κ3) is 3.27. The van der Waals surface area contributed by atoms with Gasteiger partial charge in [-0.2, -0.15) is 0 Å². The van der Waals surface area contributed by atoms with Gasteiger partial charge in [0.25, 0.3) is 0 Å². The molecule has 0 aliphatic heterocycles. The number of ketones is 1. The van der Waals surface area contributed by atoms with Gasteiger partial charge in [-0.3, -0.25) is 4.79 Å². The van der Waals surface area contributed by atoms with Crippen molar-refractivity contribution in [3.63, 3.8) is 0 Å². The number of nitrogens with one attached hydrogen (secondary N) is 1. The summed E-state index contributed by atoms with van der Waals surface area (Å²) in [6, 6.07) is 12.1. The van der Waals surface area contributed by atoms with Crippen LogP contribution in [0.2, 0.25) is 0 Å². The molecule has 2 heteroatoms. The predicted molar refractivity (Wildman–Crippen MR) is 84.7 cm³/mol. The van der Waals surface area contributed by atoms with Gasteiger partial charge in [-0.15, -0.1) is 0 Å².